The summed E-state index contributed by atoms with van der Waals surface area (Å²) in [5.74, 6) is 0.648. The minimum absolute atomic E-state index is 0.0709. The molecule has 128 valence electrons. The van der Waals surface area contributed by atoms with Gasteiger partial charge >= 0.3 is 0 Å². The summed E-state index contributed by atoms with van der Waals surface area (Å²) >= 11 is 0. The highest BCUT2D eigenvalue weighted by Crippen LogP contribution is 2.30. The Morgan fingerprint density at radius 3 is 3.00 bits per heavy atom. The number of hydrogen-bond acceptors (Lipinski definition) is 4. The lowest BCUT2D eigenvalue weighted by Gasteiger charge is -2.25. The standard InChI is InChI=1S/C18H23N3O3/c1-10-8-14-16(12(3)24-10)20-21-17(14)18(22)19-9-13-6-5-7-15(23-4)11(13)2/h5-7,10,12H,8-9H2,1-4H3,(H,19,22)(H,20,21)/t10-,12+/m0/s1. The summed E-state index contributed by atoms with van der Waals surface area (Å²) in [5.41, 5.74) is 4.38. The average molecular weight is 329 g/mol. The van der Waals surface area contributed by atoms with Crippen molar-refractivity contribution < 1.29 is 14.3 Å². The molecular formula is C18H23N3O3. The van der Waals surface area contributed by atoms with Gasteiger partial charge in [0.2, 0.25) is 0 Å². The number of ether oxygens (including phenoxy) is 2. The Balaban J connectivity index is 1.75. The molecule has 0 spiro atoms. The van der Waals surface area contributed by atoms with Crippen molar-refractivity contribution in [1.82, 2.24) is 15.5 Å². The van der Waals surface area contributed by atoms with Gasteiger partial charge in [-0.25, -0.2) is 0 Å². The van der Waals surface area contributed by atoms with Crippen molar-refractivity contribution >= 4 is 5.91 Å². The number of hydrogen-bond donors (Lipinski definition) is 2. The van der Waals surface area contributed by atoms with Gasteiger partial charge in [0, 0.05) is 18.5 Å². The number of nitrogens with zero attached hydrogens (tertiary/aromatic N) is 1. The van der Waals surface area contributed by atoms with Crippen LogP contribution in [0.1, 0.15) is 52.8 Å². The molecule has 0 aliphatic carbocycles. The van der Waals surface area contributed by atoms with E-state index in [4.69, 9.17) is 9.47 Å². The summed E-state index contributed by atoms with van der Waals surface area (Å²) in [5, 5.41) is 10.1. The van der Waals surface area contributed by atoms with Gasteiger partial charge in [-0.15, -0.1) is 0 Å². The fraction of sp³-hybridized carbons (Fsp3) is 0.444. The number of methoxy groups -OCH3 is 1. The van der Waals surface area contributed by atoms with Gasteiger partial charge in [0.15, 0.2) is 5.69 Å². The van der Waals surface area contributed by atoms with Crippen LogP contribution in [0.5, 0.6) is 5.75 Å². The van der Waals surface area contributed by atoms with E-state index in [2.05, 4.69) is 15.5 Å². The van der Waals surface area contributed by atoms with Crippen LogP contribution < -0.4 is 10.1 Å². The second-order valence-corrected chi connectivity index (χ2v) is 6.18. The van der Waals surface area contributed by atoms with E-state index in [1.807, 2.05) is 39.0 Å². The molecule has 0 radical (unpaired) electrons. The van der Waals surface area contributed by atoms with Gasteiger partial charge in [0.1, 0.15) is 5.75 Å². The van der Waals surface area contributed by atoms with E-state index in [0.717, 1.165) is 28.1 Å². The Hall–Kier alpha value is -2.34. The monoisotopic (exact) mass is 329 g/mol. The Bertz CT molecular complexity index is 754. The van der Waals surface area contributed by atoms with Crippen LogP contribution in [0.4, 0.5) is 0 Å². The Labute approximate surface area is 141 Å². The average Bonchev–Trinajstić information content (AvgIpc) is 2.97. The molecule has 2 heterocycles. The molecule has 0 unspecified atom stereocenters. The van der Waals surface area contributed by atoms with E-state index in [1.54, 1.807) is 7.11 Å². The van der Waals surface area contributed by atoms with Crippen molar-refractivity contribution in [2.75, 3.05) is 7.11 Å². The molecule has 2 aromatic rings. The topological polar surface area (TPSA) is 76.2 Å². The highest BCUT2D eigenvalue weighted by Gasteiger charge is 2.29. The number of H-pyrrole nitrogens is 1. The van der Waals surface area contributed by atoms with Crippen molar-refractivity contribution in [1.29, 1.82) is 0 Å². The molecule has 1 aromatic carbocycles. The number of fused-ring (bicyclic) bond motifs is 1. The second kappa shape index (κ2) is 6.65. The molecule has 1 aliphatic heterocycles. The summed E-state index contributed by atoms with van der Waals surface area (Å²) < 4.78 is 11.1. The summed E-state index contributed by atoms with van der Waals surface area (Å²) in [6.07, 6.45) is 0.701. The maximum atomic E-state index is 12.6. The minimum Gasteiger partial charge on any atom is -0.496 e. The first-order valence-electron chi connectivity index (χ1n) is 8.14. The fourth-order valence-electron chi connectivity index (χ4n) is 3.19. The normalized spacial score (nSPS) is 19.7. The third-order valence-electron chi connectivity index (χ3n) is 4.50. The van der Waals surface area contributed by atoms with E-state index in [-0.39, 0.29) is 18.1 Å². The summed E-state index contributed by atoms with van der Waals surface area (Å²) in [6, 6.07) is 5.81. The molecule has 3 rings (SSSR count). The Kier molecular flexibility index (Phi) is 4.57. The Morgan fingerprint density at radius 1 is 1.46 bits per heavy atom. The Morgan fingerprint density at radius 2 is 2.25 bits per heavy atom. The number of carbonyl (C=O) groups is 1. The largest absolute Gasteiger partial charge is 0.496 e. The van der Waals surface area contributed by atoms with E-state index in [1.165, 1.54) is 0 Å². The van der Waals surface area contributed by atoms with Gasteiger partial charge in [-0.1, -0.05) is 12.1 Å². The van der Waals surface area contributed by atoms with Crippen LogP contribution in [0.3, 0.4) is 0 Å². The van der Waals surface area contributed by atoms with Gasteiger partial charge < -0.3 is 14.8 Å². The van der Waals surface area contributed by atoms with Crippen molar-refractivity contribution in [3.8, 4) is 5.75 Å². The lowest BCUT2D eigenvalue weighted by atomic mass is 9.99. The SMILES string of the molecule is COc1cccc(CNC(=O)c2n[nH]c3c2C[C@H](C)O[C@@H]3C)c1C. The molecule has 1 amide bonds. The van der Waals surface area contributed by atoms with Gasteiger partial charge in [-0.05, 0) is 38.0 Å². The molecule has 2 N–H and O–H groups in total. The van der Waals surface area contributed by atoms with Gasteiger partial charge in [0.05, 0.1) is 25.0 Å². The molecule has 0 saturated heterocycles. The van der Waals surface area contributed by atoms with E-state index in [0.29, 0.717) is 18.7 Å². The first kappa shape index (κ1) is 16.5. The fourth-order valence-corrected chi connectivity index (χ4v) is 3.19. The number of benzene rings is 1. The lowest BCUT2D eigenvalue weighted by Crippen LogP contribution is -2.27. The minimum atomic E-state index is -0.170. The second-order valence-electron chi connectivity index (χ2n) is 6.18. The number of carbonyl (C=O) groups excluding carboxylic acids is 1. The van der Waals surface area contributed by atoms with Gasteiger partial charge in [-0.2, -0.15) is 5.10 Å². The third kappa shape index (κ3) is 3.01. The zero-order valence-electron chi connectivity index (χ0n) is 14.5. The number of rotatable bonds is 4. The van der Waals surface area contributed by atoms with Crippen LogP contribution in [0.2, 0.25) is 0 Å². The number of amides is 1. The zero-order valence-corrected chi connectivity index (χ0v) is 14.5. The van der Waals surface area contributed by atoms with Gasteiger partial charge in [0.25, 0.3) is 5.91 Å². The predicted octanol–water partition coefficient (Wildman–Crippen LogP) is 2.68. The van der Waals surface area contributed by atoms with Crippen molar-refractivity contribution in [2.45, 2.75) is 45.9 Å². The zero-order chi connectivity index (χ0) is 17.3. The van der Waals surface area contributed by atoms with Crippen molar-refractivity contribution in [3.63, 3.8) is 0 Å². The molecule has 1 aliphatic rings. The summed E-state index contributed by atoms with van der Waals surface area (Å²) in [6.45, 7) is 6.39. The molecule has 6 nitrogen and oxygen atoms in total. The maximum Gasteiger partial charge on any atom is 0.272 e. The molecule has 0 fully saturated rings. The molecular weight excluding hydrogens is 306 g/mol. The molecule has 0 bridgehead atoms. The molecule has 6 heteroatoms. The van der Waals surface area contributed by atoms with Gasteiger partial charge in [-0.3, -0.25) is 9.89 Å². The highest BCUT2D eigenvalue weighted by atomic mass is 16.5. The predicted molar refractivity (Wildman–Crippen MR) is 90.2 cm³/mol. The smallest absolute Gasteiger partial charge is 0.272 e. The van der Waals surface area contributed by atoms with Crippen LogP contribution in [-0.4, -0.2) is 29.3 Å². The van der Waals surface area contributed by atoms with E-state index >= 15 is 0 Å². The van der Waals surface area contributed by atoms with Crippen molar-refractivity contribution in [2.24, 2.45) is 0 Å². The number of aromatic amines is 1. The van der Waals surface area contributed by atoms with Crippen LogP contribution in [-0.2, 0) is 17.7 Å². The maximum absolute atomic E-state index is 12.6. The van der Waals surface area contributed by atoms with Crippen LogP contribution in [0, 0.1) is 6.92 Å². The first-order valence-corrected chi connectivity index (χ1v) is 8.14. The highest BCUT2D eigenvalue weighted by molar-refractivity contribution is 5.94. The van der Waals surface area contributed by atoms with Crippen LogP contribution >= 0.6 is 0 Å². The van der Waals surface area contributed by atoms with E-state index in [9.17, 15) is 4.79 Å². The molecule has 2 atom stereocenters. The van der Waals surface area contributed by atoms with Crippen molar-refractivity contribution in [3.05, 3.63) is 46.3 Å². The van der Waals surface area contributed by atoms with Crippen LogP contribution in [0.15, 0.2) is 18.2 Å². The summed E-state index contributed by atoms with van der Waals surface area (Å²) in [4.78, 5) is 12.6. The molecule has 24 heavy (non-hydrogen) atoms. The quantitative estimate of drug-likeness (QED) is 0.904. The van der Waals surface area contributed by atoms with E-state index < -0.39 is 0 Å². The lowest BCUT2D eigenvalue weighted by molar-refractivity contribution is -0.00697. The number of nitrogens with one attached hydrogen (secondary N) is 2. The number of aromatic nitrogens is 2. The molecule has 1 aromatic heterocycles. The molecule has 0 saturated carbocycles. The third-order valence-corrected chi connectivity index (χ3v) is 4.50. The first-order chi connectivity index (χ1) is 11.5. The summed E-state index contributed by atoms with van der Waals surface area (Å²) in [7, 11) is 1.64. The van der Waals surface area contributed by atoms with Crippen LogP contribution in [0.25, 0.3) is 0 Å².